The molecule has 3 heterocycles. The maximum absolute atomic E-state index is 12.3. The van der Waals surface area contributed by atoms with Crippen molar-refractivity contribution in [2.75, 3.05) is 11.2 Å². The molecule has 0 saturated carbocycles. The lowest BCUT2D eigenvalue weighted by molar-refractivity contribution is -0.114. The molecule has 6 nitrogen and oxygen atoms in total. The molecule has 0 saturated heterocycles. The van der Waals surface area contributed by atoms with Crippen molar-refractivity contribution in [3.8, 4) is 11.1 Å². The van der Waals surface area contributed by atoms with Crippen LogP contribution in [0.1, 0.15) is 12.7 Å². The minimum absolute atomic E-state index is 0.130. The number of halogens is 1. The molecular formula is C17H16ClN3O3. The van der Waals surface area contributed by atoms with Crippen LogP contribution in [0.15, 0.2) is 39.8 Å². The summed E-state index contributed by atoms with van der Waals surface area (Å²) >= 11 is 5.77. The molecule has 1 N–H and O–H groups in total. The number of carbonyl (C=O) groups is 1. The van der Waals surface area contributed by atoms with Gasteiger partial charge in [0.25, 0.3) is 5.56 Å². The lowest BCUT2D eigenvalue weighted by atomic mass is 10.1. The molecule has 0 aromatic carbocycles. The number of alkyl halides is 1. The SMILES string of the molecule is CC(=O)Nc1cc(-c2cn(C)c(=O)c3cc(CCCl)oc23)ccn1. The summed E-state index contributed by atoms with van der Waals surface area (Å²) in [6, 6.07) is 5.28. The molecule has 1 amide bonds. The van der Waals surface area contributed by atoms with Gasteiger partial charge in [-0.2, -0.15) is 0 Å². The van der Waals surface area contributed by atoms with Gasteiger partial charge in [0.2, 0.25) is 5.91 Å². The molecule has 7 heteroatoms. The third-order valence-corrected chi connectivity index (χ3v) is 3.81. The number of amides is 1. The van der Waals surface area contributed by atoms with E-state index in [1.165, 1.54) is 11.5 Å². The van der Waals surface area contributed by atoms with Crippen molar-refractivity contribution in [3.63, 3.8) is 0 Å². The predicted octanol–water partition coefficient (Wildman–Crippen LogP) is 2.93. The zero-order valence-electron chi connectivity index (χ0n) is 13.3. The number of aryl methyl sites for hydroxylation is 2. The number of aromatic nitrogens is 2. The van der Waals surface area contributed by atoms with Crippen molar-refractivity contribution in [3.05, 3.63) is 46.7 Å². The quantitative estimate of drug-likeness (QED) is 0.737. The van der Waals surface area contributed by atoms with Crippen molar-refractivity contribution in [2.45, 2.75) is 13.3 Å². The second-order valence-electron chi connectivity index (χ2n) is 5.46. The van der Waals surface area contributed by atoms with E-state index in [1.54, 1.807) is 37.6 Å². The third-order valence-electron chi connectivity index (χ3n) is 3.62. The van der Waals surface area contributed by atoms with Crippen molar-refractivity contribution < 1.29 is 9.21 Å². The Morgan fingerprint density at radius 2 is 2.21 bits per heavy atom. The number of furan rings is 1. The second-order valence-corrected chi connectivity index (χ2v) is 5.84. The highest BCUT2D eigenvalue weighted by atomic mass is 35.5. The lowest BCUT2D eigenvalue weighted by Crippen LogP contribution is -2.15. The Bertz CT molecular complexity index is 975. The van der Waals surface area contributed by atoms with E-state index in [0.717, 1.165) is 11.1 Å². The Kier molecular flexibility index (Phi) is 4.40. The van der Waals surface area contributed by atoms with Gasteiger partial charge in [0.05, 0.1) is 5.39 Å². The number of hydrogen-bond acceptors (Lipinski definition) is 4. The van der Waals surface area contributed by atoms with Crippen LogP contribution in [0.2, 0.25) is 0 Å². The summed E-state index contributed by atoms with van der Waals surface area (Å²) in [4.78, 5) is 27.7. The van der Waals surface area contributed by atoms with Crippen LogP contribution in [0, 0.1) is 0 Å². The fourth-order valence-corrected chi connectivity index (χ4v) is 2.76. The molecule has 0 bridgehead atoms. The summed E-state index contributed by atoms with van der Waals surface area (Å²) in [6.45, 7) is 1.42. The smallest absolute Gasteiger partial charge is 0.261 e. The molecule has 0 spiro atoms. The van der Waals surface area contributed by atoms with Gasteiger partial charge in [0.15, 0.2) is 0 Å². The summed E-state index contributed by atoms with van der Waals surface area (Å²) in [5.41, 5.74) is 1.93. The van der Waals surface area contributed by atoms with Crippen molar-refractivity contribution >= 4 is 34.3 Å². The van der Waals surface area contributed by atoms with Crippen LogP contribution in [-0.4, -0.2) is 21.3 Å². The van der Waals surface area contributed by atoms with E-state index in [4.69, 9.17) is 16.0 Å². The highest BCUT2D eigenvalue weighted by Gasteiger charge is 2.15. The van der Waals surface area contributed by atoms with Crippen LogP contribution < -0.4 is 10.9 Å². The average Bonchev–Trinajstić information content (AvgIpc) is 2.95. The van der Waals surface area contributed by atoms with Crippen molar-refractivity contribution in [1.82, 2.24) is 9.55 Å². The van der Waals surface area contributed by atoms with Crippen LogP contribution in [0.3, 0.4) is 0 Å². The normalized spacial score (nSPS) is 11.0. The lowest BCUT2D eigenvalue weighted by Gasteiger charge is -2.07. The van der Waals surface area contributed by atoms with Gasteiger partial charge in [0, 0.05) is 44.2 Å². The summed E-state index contributed by atoms with van der Waals surface area (Å²) < 4.78 is 7.36. The van der Waals surface area contributed by atoms with Crippen LogP contribution in [0.4, 0.5) is 5.82 Å². The Balaban J connectivity index is 2.20. The Morgan fingerprint density at radius 3 is 2.92 bits per heavy atom. The van der Waals surface area contributed by atoms with E-state index in [-0.39, 0.29) is 11.5 Å². The molecule has 24 heavy (non-hydrogen) atoms. The summed E-state index contributed by atoms with van der Waals surface area (Å²) in [5, 5.41) is 3.16. The zero-order valence-corrected chi connectivity index (χ0v) is 14.1. The first-order valence-electron chi connectivity index (χ1n) is 7.41. The molecule has 3 aromatic heterocycles. The first-order chi connectivity index (χ1) is 11.5. The molecule has 124 valence electrons. The summed E-state index contributed by atoms with van der Waals surface area (Å²) in [6.07, 6.45) is 3.86. The van der Waals surface area contributed by atoms with Crippen LogP contribution in [-0.2, 0) is 18.3 Å². The molecule has 0 aliphatic carbocycles. The highest BCUT2D eigenvalue weighted by molar-refractivity contribution is 6.18. The predicted molar refractivity (Wildman–Crippen MR) is 93.4 cm³/mol. The molecule has 3 aromatic rings. The molecule has 0 atom stereocenters. The van der Waals surface area contributed by atoms with Crippen LogP contribution in [0.5, 0.6) is 0 Å². The van der Waals surface area contributed by atoms with Gasteiger partial charge in [-0.3, -0.25) is 9.59 Å². The van der Waals surface area contributed by atoms with Crippen LogP contribution >= 0.6 is 11.6 Å². The number of nitrogens with zero attached hydrogens (tertiary/aromatic N) is 2. The summed E-state index contributed by atoms with van der Waals surface area (Å²) in [7, 11) is 1.69. The van der Waals surface area contributed by atoms with Crippen molar-refractivity contribution in [2.24, 2.45) is 7.05 Å². The zero-order chi connectivity index (χ0) is 17.3. The number of rotatable bonds is 4. The van der Waals surface area contributed by atoms with E-state index < -0.39 is 0 Å². The van der Waals surface area contributed by atoms with Gasteiger partial charge in [-0.25, -0.2) is 4.98 Å². The fourth-order valence-electron chi connectivity index (χ4n) is 2.57. The molecule has 0 aliphatic heterocycles. The monoisotopic (exact) mass is 345 g/mol. The summed E-state index contributed by atoms with van der Waals surface area (Å²) in [5.74, 6) is 1.32. The topological polar surface area (TPSA) is 77.1 Å². The number of carbonyl (C=O) groups excluding carboxylic acids is 1. The first kappa shape index (κ1) is 16.3. The number of fused-ring (bicyclic) bond motifs is 1. The maximum Gasteiger partial charge on any atom is 0.261 e. The maximum atomic E-state index is 12.3. The fraction of sp³-hybridized carbons (Fsp3) is 0.235. The van der Waals surface area contributed by atoms with E-state index >= 15 is 0 Å². The second kappa shape index (κ2) is 6.49. The molecule has 3 rings (SSSR count). The molecular weight excluding hydrogens is 330 g/mol. The Labute approximate surface area is 143 Å². The molecule has 0 unspecified atom stereocenters. The Hall–Kier alpha value is -2.60. The van der Waals surface area contributed by atoms with E-state index in [0.29, 0.717) is 34.8 Å². The van der Waals surface area contributed by atoms with E-state index in [2.05, 4.69) is 10.3 Å². The number of hydrogen-bond donors (Lipinski definition) is 1. The van der Waals surface area contributed by atoms with Gasteiger partial charge in [0.1, 0.15) is 17.2 Å². The van der Waals surface area contributed by atoms with Gasteiger partial charge in [-0.15, -0.1) is 11.6 Å². The standard InChI is InChI=1S/C17H16ClN3O3/c1-10(22)20-15-7-11(4-6-19-15)14-9-21(2)17(23)13-8-12(3-5-18)24-16(13)14/h4,6-9H,3,5H2,1-2H3,(H,19,20,22). The van der Waals surface area contributed by atoms with Gasteiger partial charge < -0.3 is 14.3 Å². The van der Waals surface area contributed by atoms with Gasteiger partial charge in [-0.05, 0) is 23.8 Å². The third kappa shape index (κ3) is 3.05. The molecule has 0 radical (unpaired) electrons. The van der Waals surface area contributed by atoms with Gasteiger partial charge >= 0.3 is 0 Å². The van der Waals surface area contributed by atoms with E-state index in [9.17, 15) is 9.59 Å². The molecule has 0 fully saturated rings. The number of nitrogens with one attached hydrogen (secondary N) is 1. The minimum atomic E-state index is -0.201. The number of anilines is 1. The van der Waals surface area contributed by atoms with Crippen molar-refractivity contribution in [1.29, 1.82) is 0 Å². The Morgan fingerprint density at radius 1 is 1.42 bits per heavy atom. The largest absolute Gasteiger partial charge is 0.460 e. The molecule has 0 aliphatic rings. The van der Waals surface area contributed by atoms with E-state index in [1.807, 2.05) is 0 Å². The minimum Gasteiger partial charge on any atom is -0.460 e. The first-order valence-corrected chi connectivity index (χ1v) is 7.95. The average molecular weight is 346 g/mol. The highest BCUT2D eigenvalue weighted by Crippen LogP contribution is 2.30. The van der Waals surface area contributed by atoms with Gasteiger partial charge in [-0.1, -0.05) is 0 Å². The van der Waals surface area contributed by atoms with Crippen LogP contribution in [0.25, 0.3) is 22.1 Å². The number of pyridine rings is 2.